The molecule has 3 unspecified atom stereocenters. The van der Waals surface area contributed by atoms with Gasteiger partial charge in [0.1, 0.15) is 17.7 Å². The highest BCUT2D eigenvalue weighted by Gasteiger charge is 2.69. The van der Waals surface area contributed by atoms with E-state index in [-0.39, 0.29) is 41.5 Å². The van der Waals surface area contributed by atoms with Crippen LogP contribution >= 0.6 is 0 Å². The highest BCUT2D eigenvalue weighted by molar-refractivity contribution is 6.38. The van der Waals surface area contributed by atoms with Gasteiger partial charge in [0.15, 0.2) is 0 Å². The van der Waals surface area contributed by atoms with E-state index in [1.165, 1.54) is 6.08 Å². The van der Waals surface area contributed by atoms with Crippen LogP contribution in [0.1, 0.15) is 86.0 Å². The van der Waals surface area contributed by atoms with Crippen molar-refractivity contribution < 1.29 is 28.7 Å². The topological polar surface area (TPSA) is 134 Å². The molecule has 228 valence electrons. The first-order valence-electron chi connectivity index (χ1n) is 15.3. The van der Waals surface area contributed by atoms with Gasteiger partial charge in [-0.05, 0) is 69.1 Å². The molecule has 1 aliphatic heterocycles. The fraction of sp³-hybridized carbons (Fsp3) is 0.774. The number of ketones is 1. The van der Waals surface area contributed by atoms with Gasteiger partial charge in [0.25, 0.3) is 5.91 Å². The molecule has 0 radical (unpaired) electrons. The molecular weight excluding hydrogens is 524 g/mol. The highest BCUT2D eigenvalue weighted by atomic mass is 16.6. The van der Waals surface area contributed by atoms with Crippen LogP contribution in [0.3, 0.4) is 0 Å². The average Bonchev–Trinajstić information content (AvgIpc) is 3.76. The summed E-state index contributed by atoms with van der Waals surface area (Å²) >= 11 is 0. The summed E-state index contributed by atoms with van der Waals surface area (Å²) in [5, 5.41) is 8.25. The molecular formula is C31H48N4O6. The lowest BCUT2D eigenvalue weighted by Crippen LogP contribution is -2.60. The van der Waals surface area contributed by atoms with Crippen LogP contribution in [0.4, 0.5) is 4.79 Å². The Morgan fingerprint density at radius 3 is 2.27 bits per heavy atom. The molecule has 4 aliphatic rings. The van der Waals surface area contributed by atoms with Crippen molar-refractivity contribution in [2.45, 2.75) is 110 Å². The second-order valence-corrected chi connectivity index (χ2v) is 14.0. The number of nitrogens with zero attached hydrogens (tertiary/aromatic N) is 1. The maximum Gasteiger partial charge on any atom is 0.408 e. The number of carbonyl (C=O) groups is 5. The van der Waals surface area contributed by atoms with Gasteiger partial charge in [0, 0.05) is 13.1 Å². The summed E-state index contributed by atoms with van der Waals surface area (Å²) in [5.41, 5.74) is -0.845. The predicted octanol–water partition coefficient (Wildman–Crippen LogP) is 3.10. The van der Waals surface area contributed by atoms with Gasteiger partial charge in [-0.3, -0.25) is 19.2 Å². The molecule has 0 aromatic carbocycles. The summed E-state index contributed by atoms with van der Waals surface area (Å²) in [6.45, 7) is 13.6. The molecule has 4 fully saturated rings. The molecule has 3 saturated carbocycles. The molecule has 10 nitrogen and oxygen atoms in total. The van der Waals surface area contributed by atoms with Crippen molar-refractivity contribution in [1.82, 2.24) is 20.9 Å². The highest BCUT2D eigenvalue weighted by Crippen LogP contribution is 2.65. The third-order valence-corrected chi connectivity index (χ3v) is 9.35. The van der Waals surface area contributed by atoms with Crippen molar-refractivity contribution in [3.8, 4) is 0 Å². The molecule has 3 aliphatic carbocycles. The minimum Gasteiger partial charge on any atom is -0.444 e. The number of amides is 4. The van der Waals surface area contributed by atoms with Gasteiger partial charge in [0.05, 0.1) is 6.04 Å². The Bertz CT molecular complexity index is 1060. The Balaban J connectivity index is 1.54. The monoisotopic (exact) mass is 572 g/mol. The van der Waals surface area contributed by atoms with Crippen molar-refractivity contribution in [3.05, 3.63) is 12.7 Å². The number of piperidine rings is 1. The zero-order valence-corrected chi connectivity index (χ0v) is 25.3. The molecule has 41 heavy (non-hydrogen) atoms. The zero-order valence-electron chi connectivity index (χ0n) is 25.3. The Labute approximate surface area is 243 Å². The summed E-state index contributed by atoms with van der Waals surface area (Å²) in [6, 6.07) is -2.53. The van der Waals surface area contributed by atoms with E-state index in [4.69, 9.17) is 4.74 Å². The summed E-state index contributed by atoms with van der Waals surface area (Å²) in [4.78, 5) is 68.1. The number of hydrogen-bond acceptors (Lipinski definition) is 6. The first-order valence-corrected chi connectivity index (χ1v) is 15.3. The van der Waals surface area contributed by atoms with Crippen LogP contribution in [0.15, 0.2) is 12.7 Å². The third kappa shape index (κ3) is 7.30. The number of alkyl carbamates (subject to hydrolysis) is 1. The maximum atomic E-state index is 14.2. The third-order valence-electron chi connectivity index (χ3n) is 9.35. The molecule has 0 aromatic rings. The molecule has 4 rings (SSSR count). The molecule has 3 N–H and O–H groups in total. The summed E-state index contributed by atoms with van der Waals surface area (Å²) in [7, 11) is 0. The maximum absolute atomic E-state index is 14.2. The van der Waals surface area contributed by atoms with E-state index in [2.05, 4.69) is 36.4 Å². The SMILES string of the molecule is C=CCNC(=O)C(=O)C(CC1CC1)NC(=O)[C@@H]1C2C(CN1C(=O)[C@@H](NC(=O)OC(C)(C)C)C1CCCCC1)C2(C)C. The normalized spacial score (nSPS) is 26.7. The van der Waals surface area contributed by atoms with E-state index >= 15 is 0 Å². The van der Waals surface area contributed by atoms with Gasteiger partial charge in [0.2, 0.25) is 17.6 Å². The molecule has 4 amide bonds. The molecule has 1 saturated heterocycles. The number of likely N-dealkylation sites (tertiary alicyclic amines) is 1. The number of carbonyl (C=O) groups excluding carboxylic acids is 5. The largest absolute Gasteiger partial charge is 0.444 e. The lowest BCUT2D eigenvalue weighted by Gasteiger charge is -2.37. The van der Waals surface area contributed by atoms with Crippen molar-refractivity contribution in [2.24, 2.45) is 29.1 Å². The molecule has 0 aromatic heterocycles. The van der Waals surface area contributed by atoms with E-state index in [0.717, 1.165) is 44.9 Å². The van der Waals surface area contributed by atoms with Gasteiger partial charge >= 0.3 is 6.09 Å². The number of hydrogen-bond donors (Lipinski definition) is 3. The first kappa shape index (κ1) is 31.0. The number of nitrogens with one attached hydrogen (secondary N) is 3. The van der Waals surface area contributed by atoms with Gasteiger partial charge < -0.3 is 25.6 Å². The summed E-state index contributed by atoms with van der Waals surface area (Å²) in [5.74, 6) is -1.80. The quantitative estimate of drug-likeness (QED) is 0.257. The first-order chi connectivity index (χ1) is 19.2. The lowest BCUT2D eigenvalue weighted by atomic mass is 9.83. The summed E-state index contributed by atoms with van der Waals surface area (Å²) in [6.07, 6.45) is 7.83. The second-order valence-electron chi connectivity index (χ2n) is 14.0. The zero-order chi connectivity index (χ0) is 30.1. The Kier molecular flexibility index (Phi) is 9.19. The smallest absolute Gasteiger partial charge is 0.408 e. The van der Waals surface area contributed by atoms with Gasteiger partial charge in [-0.2, -0.15) is 0 Å². The standard InChI is InChI=1S/C31H48N4O6/c1-7-15-32-27(38)25(36)21(16-18-13-14-18)33-26(37)24-22-20(31(22,5)6)17-35(24)28(39)23(19-11-9-8-10-12-19)34-29(40)41-30(2,3)4/h7,18-24H,1,8-17H2,2-6H3,(H,32,38)(H,33,37)(H,34,40)/t20?,21?,22?,23-,24-/m0/s1. The fourth-order valence-electron chi connectivity index (χ4n) is 6.86. The molecule has 0 bridgehead atoms. The van der Waals surface area contributed by atoms with Gasteiger partial charge in [-0.15, -0.1) is 6.58 Å². The number of ether oxygens (including phenoxy) is 1. The van der Waals surface area contributed by atoms with E-state index in [1.807, 2.05) is 0 Å². The van der Waals surface area contributed by atoms with E-state index in [0.29, 0.717) is 13.0 Å². The fourth-order valence-corrected chi connectivity index (χ4v) is 6.86. The van der Waals surface area contributed by atoms with Gasteiger partial charge in [-0.25, -0.2) is 4.79 Å². The molecule has 5 atom stereocenters. The Morgan fingerprint density at radius 1 is 1.02 bits per heavy atom. The van der Waals surface area contributed by atoms with E-state index in [9.17, 15) is 24.0 Å². The van der Waals surface area contributed by atoms with E-state index in [1.54, 1.807) is 25.7 Å². The predicted molar refractivity (Wildman–Crippen MR) is 153 cm³/mol. The lowest BCUT2D eigenvalue weighted by molar-refractivity contribution is -0.145. The number of rotatable bonds is 11. The van der Waals surface area contributed by atoms with Gasteiger partial charge in [-0.1, -0.05) is 52.0 Å². The second kappa shape index (κ2) is 12.1. The Morgan fingerprint density at radius 2 is 1.68 bits per heavy atom. The minimum atomic E-state index is -0.952. The van der Waals surface area contributed by atoms with Crippen LogP contribution in [0, 0.1) is 29.1 Å². The summed E-state index contributed by atoms with van der Waals surface area (Å²) < 4.78 is 5.50. The average molecular weight is 573 g/mol. The minimum absolute atomic E-state index is 0.0461. The number of fused-ring (bicyclic) bond motifs is 1. The van der Waals surface area contributed by atoms with Crippen molar-refractivity contribution in [2.75, 3.05) is 13.1 Å². The molecule has 0 spiro atoms. The molecule has 1 heterocycles. The Hall–Kier alpha value is -2.91. The van der Waals surface area contributed by atoms with Crippen LogP contribution in [-0.4, -0.2) is 71.3 Å². The van der Waals surface area contributed by atoms with Crippen LogP contribution in [0.2, 0.25) is 0 Å². The van der Waals surface area contributed by atoms with E-state index < -0.39 is 47.4 Å². The van der Waals surface area contributed by atoms with Crippen molar-refractivity contribution in [1.29, 1.82) is 0 Å². The van der Waals surface area contributed by atoms with Crippen LogP contribution in [0.25, 0.3) is 0 Å². The van der Waals surface area contributed by atoms with Crippen molar-refractivity contribution in [3.63, 3.8) is 0 Å². The number of Topliss-reactive ketones (excluding diaryl/α,β-unsaturated/α-hetero) is 1. The van der Waals surface area contributed by atoms with Crippen LogP contribution in [0.5, 0.6) is 0 Å². The van der Waals surface area contributed by atoms with Crippen LogP contribution < -0.4 is 16.0 Å². The molecule has 10 heteroatoms. The van der Waals surface area contributed by atoms with Crippen molar-refractivity contribution >= 4 is 29.6 Å². The van der Waals surface area contributed by atoms with Crippen LogP contribution in [-0.2, 0) is 23.9 Å².